The zero-order valence-electron chi connectivity index (χ0n) is 19.8. The van der Waals surface area contributed by atoms with Crippen LogP contribution in [0, 0.1) is 12.8 Å². The molecule has 1 fully saturated rings. The lowest BCUT2D eigenvalue weighted by Gasteiger charge is -2.30. The second kappa shape index (κ2) is 10.9. The van der Waals surface area contributed by atoms with E-state index in [2.05, 4.69) is 5.32 Å². The number of nitrogens with zero attached hydrogens (tertiary/aromatic N) is 1. The lowest BCUT2D eigenvalue weighted by molar-refractivity contribution is -0.120. The van der Waals surface area contributed by atoms with Gasteiger partial charge in [0, 0.05) is 31.1 Å². The van der Waals surface area contributed by atoms with Crippen LogP contribution in [0.5, 0.6) is 11.5 Å². The second-order valence-corrected chi connectivity index (χ2v) is 10.1. The summed E-state index contributed by atoms with van der Waals surface area (Å²) in [4.78, 5) is 25.2. The topological polar surface area (TPSA) is 111 Å². The number of methoxy groups -OCH3 is 3. The number of carbonyl (C=O) groups excluding carboxylic acids is 2. The molecule has 1 aliphatic heterocycles. The van der Waals surface area contributed by atoms with E-state index in [9.17, 15) is 18.0 Å². The van der Waals surface area contributed by atoms with Gasteiger partial charge in [-0.2, -0.15) is 0 Å². The van der Waals surface area contributed by atoms with Gasteiger partial charge in [-0.3, -0.25) is 4.79 Å². The number of esters is 1. The fourth-order valence-electron chi connectivity index (χ4n) is 4.00. The van der Waals surface area contributed by atoms with Crippen molar-refractivity contribution < 1.29 is 32.2 Å². The summed E-state index contributed by atoms with van der Waals surface area (Å²) in [5.41, 5.74) is 2.11. The molecular weight excluding hydrogens is 460 g/mol. The minimum absolute atomic E-state index is 0.0698. The van der Waals surface area contributed by atoms with E-state index < -0.39 is 21.9 Å². The quantitative estimate of drug-likeness (QED) is 0.566. The highest BCUT2D eigenvalue weighted by molar-refractivity contribution is 7.88. The second-order valence-electron chi connectivity index (χ2n) is 8.15. The van der Waals surface area contributed by atoms with Crippen LogP contribution in [0.25, 0.3) is 0 Å². The van der Waals surface area contributed by atoms with Gasteiger partial charge in [0.2, 0.25) is 15.9 Å². The van der Waals surface area contributed by atoms with Crippen LogP contribution < -0.4 is 14.8 Å². The van der Waals surface area contributed by atoms with E-state index in [0.29, 0.717) is 24.3 Å². The molecule has 0 unspecified atom stereocenters. The lowest BCUT2D eigenvalue weighted by Crippen LogP contribution is -2.42. The number of piperidine rings is 1. The van der Waals surface area contributed by atoms with Gasteiger partial charge in [0.1, 0.15) is 0 Å². The van der Waals surface area contributed by atoms with Crippen LogP contribution in [0.1, 0.15) is 34.3 Å². The van der Waals surface area contributed by atoms with Crippen molar-refractivity contribution in [2.45, 2.75) is 25.5 Å². The van der Waals surface area contributed by atoms with Crippen molar-refractivity contribution in [3.8, 4) is 11.5 Å². The summed E-state index contributed by atoms with van der Waals surface area (Å²) >= 11 is 0. The summed E-state index contributed by atoms with van der Waals surface area (Å²) in [5, 5.41) is 2.78. The van der Waals surface area contributed by atoms with Crippen molar-refractivity contribution in [2.75, 3.05) is 39.7 Å². The van der Waals surface area contributed by atoms with Crippen molar-refractivity contribution >= 4 is 27.6 Å². The molecule has 1 aliphatic rings. The van der Waals surface area contributed by atoms with Crippen LogP contribution in [0.15, 0.2) is 36.4 Å². The zero-order valence-corrected chi connectivity index (χ0v) is 20.6. The molecule has 1 heterocycles. The van der Waals surface area contributed by atoms with Crippen LogP contribution in [0.4, 0.5) is 5.69 Å². The van der Waals surface area contributed by atoms with Crippen molar-refractivity contribution in [1.29, 1.82) is 0 Å². The Balaban J connectivity index is 1.68. The Morgan fingerprint density at radius 3 is 2.26 bits per heavy atom. The molecule has 1 N–H and O–H groups in total. The van der Waals surface area contributed by atoms with E-state index in [0.717, 1.165) is 11.1 Å². The van der Waals surface area contributed by atoms with Crippen LogP contribution >= 0.6 is 0 Å². The number of amides is 1. The summed E-state index contributed by atoms with van der Waals surface area (Å²) in [5.74, 6) is -0.722. The number of ether oxygens (including phenoxy) is 3. The maximum absolute atomic E-state index is 13.0. The van der Waals surface area contributed by atoms with E-state index in [4.69, 9.17) is 14.2 Å². The molecule has 0 saturated carbocycles. The normalized spacial score (nSPS) is 14.9. The number of nitrogens with one attached hydrogen (secondary N) is 1. The molecule has 0 spiro atoms. The van der Waals surface area contributed by atoms with E-state index in [1.807, 2.05) is 25.1 Å². The van der Waals surface area contributed by atoms with Gasteiger partial charge < -0.3 is 19.5 Å². The molecule has 2 aromatic carbocycles. The Morgan fingerprint density at radius 2 is 1.68 bits per heavy atom. The first-order valence-electron chi connectivity index (χ1n) is 10.9. The average Bonchev–Trinajstić information content (AvgIpc) is 2.83. The third-order valence-corrected chi connectivity index (χ3v) is 7.69. The standard InChI is InChI=1S/C24H30N2O7S/c1-16-6-5-7-17(12-16)15-34(29,30)26-10-8-18(9-11-26)23(27)25-20-14-22(32-3)21(31-2)13-19(20)24(28)33-4/h5-7,12-14,18H,8-11,15H2,1-4H3,(H,25,27). The molecular formula is C24H30N2O7S. The molecule has 1 saturated heterocycles. The molecule has 2 aromatic rings. The van der Waals surface area contributed by atoms with Gasteiger partial charge in [-0.15, -0.1) is 0 Å². The van der Waals surface area contributed by atoms with Crippen molar-refractivity contribution in [1.82, 2.24) is 4.31 Å². The van der Waals surface area contributed by atoms with Gasteiger partial charge in [-0.1, -0.05) is 29.8 Å². The molecule has 0 aromatic heterocycles. The lowest BCUT2D eigenvalue weighted by atomic mass is 9.97. The Kier molecular flexibility index (Phi) is 8.16. The summed E-state index contributed by atoms with van der Waals surface area (Å²) in [6.07, 6.45) is 0.749. The first-order valence-corrected chi connectivity index (χ1v) is 12.5. The molecule has 3 rings (SSSR count). The van der Waals surface area contributed by atoms with Gasteiger partial charge in [-0.05, 0) is 25.3 Å². The number of hydrogen-bond donors (Lipinski definition) is 1. The Labute approximate surface area is 200 Å². The number of hydrogen-bond acceptors (Lipinski definition) is 7. The molecule has 0 radical (unpaired) electrons. The summed E-state index contributed by atoms with van der Waals surface area (Å²) in [6, 6.07) is 10.4. The van der Waals surface area contributed by atoms with Crippen LogP contribution in [0.2, 0.25) is 0 Å². The predicted octanol–water partition coefficient (Wildman–Crippen LogP) is 2.98. The number of sulfonamides is 1. The number of benzene rings is 2. The molecule has 0 aliphatic carbocycles. The molecule has 34 heavy (non-hydrogen) atoms. The van der Waals surface area contributed by atoms with E-state index in [-0.39, 0.29) is 36.0 Å². The Morgan fingerprint density at radius 1 is 1.03 bits per heavy atom. The summed E-state index contributed by atoms with van der Waals surface area (Å²) < 4.78 is 42.5. The van der Waals surface area contributed by atoms with E-state index in [1.54, 1.807) is 6.07 Å². The maximum Gasteiger partial charge on any atom is 0.340 e. The van der Waals surface area contributed by atoms with Crippen molar-refractivity contribution in [2.24, 2.45) is 5.92 Å². The first-order chi connectivity index (χ1) is 16.2. The van der Waals surface area contributed by atoms with Gasteiger partial charge in [-0.25, -0.2) is 17.5 Å². The Hall–Kier alpha value is -3.11. The number of aryl methyl sites for hydroxylation is 1. The number of anilines is 1. The van der Waals surface area contributed by atoms with Gasteiger partial charge >= 0.3 is 5.97 Å². The van der Waals surface area contributed by atoms with Gasteiger partial charge in [0.25, 0.3) is 0 Å². The van der Waals surface area contributed by atoms with Gasteiger partial charge in [0.05, 0.1) is 38.3 Å². The van der Waals surface area contributed by atoms with Crippen molar-refractivity contribution in [3.05, 3.63) is 53.1 Å². The molecule has 0 atom stereocenters. The molecule has 10 heteroatoms. The minimum Gasteiger partial charge on any atom is -0.493 e. The highest BCUT2D eigenvalue weighted by Gasteiger charge is 2.32. The van der Waals surface area contributed by atoms with Crippen LogP contribution in [-0.4, -0.2) is 59.0 Å². The minimum atomic E-state index is -3.49. The van der Waals surface area contributed by atoms with Gasteiger partial charge in [0.15, 0.2) is 11.5 Å². The molecule has 9 nitrogen and oxygen atoms in total. The molecule has 184 valence electrons. The zero-order chi connectivity index (χ0) is 24.9. The highest BCUT2D eigenvalue weighted by atomic mass is 32.2. The van der Waals surface area contributed by atoms with E-state index >= 15 is 0 Å². The number of rotatable bonds is 8. The third-order valence-electron chi connectivity index (χ3n) is 5.84. The first kappa shape index (κ1) is 25.5. The van der Waals surface area contributed by atoms with E-state index in [1.165, 1.54) is 37.8 Å². The molecule has 0 bridgehead atoms. The third kappa shape index (κ3) is 5.87. The fraction of sp³-hybridized carbons (Fsp3) is 0.417. The smallest absolute Gasteiger partial charge is 0.340 e. The maximum atomic E-state index is 13.0. The summed E-state index contributed by atoms with van der Waals surface area (Å²) in [6.45, 7) is 2.42. The largest absolute Gasteiger partial charge is 0.493 e. The predicted molar refractivity (Wildman–Crippen MR) is 128 cm³/mol. The Bertz CT molecular complexity index is 1160. The monoisotopic (exact) mass is 490 g/mol. The van der Waals surface area contributed by atoms with Crippen LogP contribution in [-0.2, 0) is 25.3 Å². The molecule has 1 amide bonds. The number of carbonyl (C=O) groups is 2. The summed E-state index contributed by atoms with van der Waals surface area (Å²) in [7, 11) is 0.653. The average molecular weight is 491 g/mol. The van der Waals surface area contributed by atoms with Crippen molar-refractivity contribution in [3.63, 3.8) is 0 Å². The SMILES string of the molecule is COC(=O)c1cc(OC)c(OC)cc1NC(=O)C1CCN(S(=O)(=O)Cc2cccc(C)c2)CC1. The fourth-order valence-corrected chi connectivity index (χ4v) is 5.55. The van der Waals surface area contributed by atoms with Crippen LogP contribution in [0.3, 0.4) is 0 Å². The highest BCUT2D eigenvalue weighted by Crippen LogP contribution is 2.34.